The van der Waals surface area contributed by atoms with E-state index in [9.17, 15) is 4.79 Å². The molecule has 0 aliphatic carbocycles. The molecule has 2 aromatic carbocycles. The van der Waals surface area contributed by atoms with Gasteiger partial charge in [0.15, 0.2) is 11.0 Å². The lowest BCUT2D eigenvalue weighted by Gasteiger charge is -2.26. The summed E-state index contributed by atoms with van der Waals surface area (Å²) in [5.74, 6) is 1.18. The highest BCUT2D eigenvalue weighted by Gasteiger charge is 2.23. The summed E-state index contributed by atoms with van der Waals surface area (Å²) in [6.07, 6.45) is 2.17. The number of rotatable bonds is 9. The van der Waals surface area contributed by atoms with Crippen LogP contribution in [0.4, 0.5) is 5.69 Å². The molecule has 0 saturated carbocycles. The molecule has 3 aromatic rings. The van der Waals surface area contributed by atoms with Crippen LogP contribution in [0.25, 0.3) is 11.4 Å². The van der Waals surface area contributed by atoms with Crippen LogP contribution in [0.15, 0.2) is 59.8 Å². The van der Waals surface area contributed by atoms with Crippen molar-refractivity contribution in [1.82, 2.24) is 19.7 Å². The van der Waals surface area contributed by atoms with E-state index in [0.29, 0.717) is 18.8 Å². The third-order valence-electron chi connectivity index (χ3n) is 5.82. The number of aromatic nitrogens is 3. The molecule has 7 nitrogen and oxygen atoms in total. The Kier molecular flexibility index (Phi) is 7.67. The van der Waals surface area contributed by atoms with Crippen LogP contribution < -0.4 is 4.90 Å². The first-order valence-electron chi connectivity index (χ1n) is 11.2. The van der Waals surface area contributed by atoms with Crippen molar-refractivity contribution in [3.8, 4) is 11.4 Å². The van der Waals surface area contributed by atoms with Crippen LogP contribution in [0.1, 0.15) is 18.4 Å². The lowest BCUT2D eigenvalue weighted by molar-refractivity contribution is -0.130. The number of benzene rings is 2. The standard InChI is InChI=1S/C25H31N5O2S/c1-28(2)21-13-11-19(12-14-21)16-30(17-22-10-7-15-32-22)23(31)18-33-25-27-26-24(29(25)3)20-8-5-4-6-9-20/h4-6,8-9,11-14,22H,7,10,15-18H2,1-3H3. The Morgan fingerprint density at radius 1 is 1.12 bits per heavy atom. The van der Waals surface area contributed by atoms with Gasteiger partial charge in [0.25, 0.3) is 0 Å². The second kappa shape index (κ2) is 10.9. The lowest BCUT2D eigenvalue weighted by Crippen LogP contribution is -2.38. The smallest absolute Gasteiger partial charge is 0.233 e. The molecule has 33 heavy (non-hydrogen) atoms. The summed E-state index contributed by atoms with van der Waals surface area (Å²) in [5.41, 5.74) is 3.26. The second-order valence-electron chi connectivity index (χ2n) is 8.49. The van der Waals surface area contributed by atoms with E-state index in [1.165, 1.54) is 11.8 Å². The van der Waals surface area contributed by atoms with E-state index in [1.54, 1.807) is 0 Å². The van der Waals surface area contributed by atoms with Gasteiger partial charge in [0.05, 0.1) is 11.9 Å². The minimum absolute atomic E-state index is 0.0800. The SMILES string of the molecule is CN(C)c1ccc(CN(CC2CCCO2)C(=O)CSc2nnc(-c3ccccc3)n2C)cc1. The fourth-order valence-corrected chi connectivity index (χ4v) is 4.72. The third-order valence-corrected chi connectivity index (χ3v) is 6.82. The fourth-order valence-electron chi connectivity index (χ4n) is 3.91. The zero-order chi connectivity index (χ0) is 23.2. The molecule has 1 aromatic heterocycles. The molecule has 1 atom stereocenters. The highest BCUT2D eigenvalue weighted by molar-refractivity contribution is 7.99. The molecule has 8 heteroatoms. The van der Waals surface area contributed by atoms with Crippen LogP contribution in [-0.4, -0.2) is 64.7 Å². The predicted molar refractivity (Wildman–Crippen MR) is 132 cm³/mol. The van der Waals surface area contributed by atoms with E-state index in [-0.39, 0.29) is 12.0 Å². The number of nitrogens with zero attached hydrogens (tertiary/aromatic N) is 5. The summed E-state index contributed by atoms with van der Waals surface area (Å²) in [7, 11) is 5.98. The topological polar surface area (TPSA) is 63.5 Å². The molecule has 1 aliphatic rings. The second-order valence-corrected chi connectivity index (χ2v) is 9.43. The van der Waals surface area contributed by atoms with Gasteiger partial charge in [-0.3, -0.25) is 4.79 Å². The molecule has 1 fully saturated rings. The number of carbonyl (C=O) groups is 1. The van der Waals surface area contributed by atoms with E-state index < -0.39 is 0 Å². The molecule has 1 aliphatic heterocycles. The molecule has 0 bridgehead atoms. The first kappa shape index (κ1) is 23.3. The molecule has 0 radical (unpaired) electrons. The number of hydrogen-bond donors (Lipinski definition) is 0. The molecule has 1 amide bonds. The van der Waals surface area contributed by atoms with E-state index in [0.717, 1.165) is 47.2 Å². The van der Waals surface area contributed by atoms with E-state index in [1.807, 2.05) is 60.9 Å². The highest BCUT2D eigenvalue weighted by Crippen LogP contribution is 2.24. The third kappa shape index (κ3) is 5.94. The van der Waals surface area contributed by atoms with Crippen LogP contribution in [-0.2, 0) is 23.1 Å². The van der Waals surface area contributed by atoms with Crippen molar-refractivity contribution >= 4 is 23.4 Å². The van der Waals surface area contributed by atoms with Gasteiger partial charge in [-0.1, -0.05) is 54.2 Å². The van der Waals surface area contributed by atoms with Crippen LogP contribution in [0.5, 0.6) is 0 Å². The fraction of sp³-hybridized carbons (Fsp3) is 0.400. The average molecular weight is 466 g/mol. The van der Waals surface area contributed by atoms with Crippen LogP contribution in [0, 0.1) is 0 Å². The molecular weight excluding hydrogens is 434 g/mol. The lowest BCUT2D eigenvalue weighted by atomic mass is 10.1. The first-order chi connectivity index (χ1) is 16.0. The minimum atomic E-state index is 0.0800. The largest absolute Gasteiger partial charge is 0.378 e. The Hall–Kier alpha value is -2.84. The minimum Gasteiger partial charge on any atom is -0.378 e. The number of carbonyl (C=O) groups excluding carboxylic acids is 1. The van der Waals surface area contributed by atoms with Gasteiger partial charge < -0.3 is 19.1 Å². The maximum Gasteiger partial charge on any atom is 0.233 e. The molecule has 1 saturated heterocycles. The molecule has 2 heterocycles. The van der Waals surface area contributed by atoms with Crippen molar-refractivity contribution in [2.45, 2.75) is 30.6 Å². The first-order valence-corrected chi connectivity index (χ1v) is 12.2. The summed E-state index contributed by atoms with van der Waals surface area (Å²) >= 11 is 1.42. The van der Waals surface area contributed by atoms with E-state index in [2.05, 4.69) is 39.4 Å². The van der Waals surface area contributed by atoms with Crippen molar-refractivity contribution < 1.29 is 9.53 Å². The normalized spacial score (nSPS) is 15.5. The molecule has 174 valence electrons. The van der Waals surface area contributed by atoms with Gasteiger partial charge in [-0.05, 0) is 30.5 Å². The van der Waals surface area contributed by atoms with Crippen molar-refractivity contribution in [3.63, 3.8) is 0 Å². The summed E-state index contributed by atoms with van der Waals surface area (Å²) in [4.78, 5) is 17.2. The summed E-state index contributed by atoms with van der Waals surface area (Å²) in [5, 5.41) is 9.37. The Morgan fingerprint density at radius 3 is 2.55 bits per heavy atom. The summed E-state index contributed by atoms with van der Waals surface area (Å²) < 4.78 is 7.76. The van der Waals surface area contributed by atoms with Crippen LogP contribution >= 0.6 is 11.8 Å². The zero-order valence-corrected chi connectivity index (χ0v) is 20.3. The molecule has 0 N–H and O–H groups in total. The molecule has 4 rings (SSSR count). The van der Waals surface area contributed by atoms with Gasteiger partial charge in [-0.2, -0.15) is 0 Å². The average Bonchev–Trinajstić information content (AvgIpc) is 3.47. The predicted octanol–water partition coefficient (Wildman–Crippen LogP) is 3.85. The monoisotopic (exact) mass is 465 g/mol. The Labute approximate surface area is 199 Å². The number of thioether (sulfide) groups is 1. The zero-order valence-electron chi connectivity index (χ0n) is 19.5. The van der Waals surface area contributed by atoms with Crippen molar-refractivity contribution in [1.29, 1.82) is 0 Å². The number of hydrogen-bond acceptors (Lipinski definition) is 6. The van der Waals surface area contributed by atoms with Gasteiger partial charge in [0, 0.05) is 52.1 Å². The van der Waals surface area contributed by atoms with E-state index >= 15 is 0 Å². The van der Waals surface area contributed by atoms with E-state index in [4.69, 9.17) is 4.74 Å². The van der Waals surface area contributed by atoms with Gasteiger partial charge in [0.1, 0.15) is 0 Å². The van der Waals surface area contributed by atoms with Gasteiger partial charge in [-0.25, -0.2) is 0 Å². The van der Waals surface area contributed by atoms with Crippen LogP contribution in [0.3, 0.4) is 0 Å². The molecule has 0 spiro atoms. The quantitative estimate of drug-likeness (QED) is 0.448. The van der Waals surface area contributed by atoms with Gasteiger partial charge in [-0.15, -0.1) is 10.2 Å². The molecule has 1 unspecified atom stereocenters. The van der Waals surface area contributed by atoms with Crippen LogP contribution in [0.2, 0.25) is 0 Å². The van der Waals surface area contributed by atoms with Crippen molar-refractivity contribution in [3.05, 3.63) is 60.2 Å². The Bertz CT molecular complexity index is 1050. The van der Waals surface area contributed by atoms with Gasteiger partial charge in [0.2, 0.25) is 5.91 Å². The Balaban J connectivity index is 1.43. The highest BCUT2D eigenvalue weighted by atomic mass is 32.2. The maximum absolute atomic E-state index is 13.3. The van der Waals surface area contributed by atoms with Crippen molar-refractivity contribution in [2.75, 3.05) is 37.9 Å². The summed E-state index contributed by atoms with van der Waals surface area (Å²) in [6, 6.07) is 18.3. The number of anilines is 1. The number of amides is 1. The Morgan fingerprint density at radius 2 is 1.88 bits per heavy atom. The van der Waals surface area contributed by atoms with Crippen molar-refractivity contribution in [2.24, 2.45) is 7.05 Å². The number of ether oxygens (including phenoxy) is 1. The maximum atomic E-state index is 13.3. The molecular formula is C25H31N5O2S. The van der Waals surface area contributed by atoms with Gasteiger partial charge >= 0.3 is 0 Å². The summed E-state index contributed by atoms with van der Waals surface area (Å²) in [6.45, 7) is 1.96.